The lowest BCUT2D eigenvalue weighted by atomic mass is 9.92. The first kappa shape index (κ1) is 22.2. The fourth-order valence-corrected chi connectivity index (χ4v) is 3.79. The summed E-state index contributed by atoms with van der Waals surface area (Å²) in [6.45, 7) is 0. The van der Waals surface area contributed by atoms with E-state index in [4.69, 9.17) is 23.2 Å². The minimum atomic E-state index is -1.21. The number of nitrogens with zero attached hydrogens (tertiary/aromatic N) is 2. The van der Waals surface area contributed by atoms with Crippen LogP contribution in [0.4, 0.5) is 28.8 Å². The summed E-state index contributed by atoms with van der Waals surface area (Å²) < 4.78 is 0. The van der Waals surface area contributed by atoms with Gasteiger partial charge in [-0.2, -0.15) is 4.98 Å². The summed E-state index contributed by atoms with van der Waals surface area (Å²) in [5.74, 6) is -2.64. The first-order valence-electron chi connectivity index (χ1n) is 9.43. The number of carbonyl (C=O) groups is 2. The third-order valence-electron chi connectivity index (χ3n) is 4.81. The molecular weight excluding hydrogens is 475 g/mol. The van der Waals surface area contributed by atoms with Crippen molar-refractivity contribution in [2.45, 2.75) is 12.3 Å². The molecule has 1 atom stereocenters. The molecule has 0 saturated heterocycles. The summed E-state index contributed by atoms with van der Waals surface area (Å²) in [5, 5.41) is 19.6. The number of nitro groups is 1. The Morgan fingerprint density at radius 2 is 1.91 bits per heavy atom. The van der Waals surface area contributed by atoms with E-state index < -0.39 is 28.2 Å². The molecule has 2 heterocycles. The van der Waals surface area contributed by atoms with Crippen LogP contribution in [0.25, 0.3) is 0 Å². The molecule has 3 aromatic rings. The Morgan fingerprint density at radius 3 is 2.64 bits per heavy atom. The molecule has 4 N–H and O–H groups in total. The van der Waals surface area contributed by atoms with Crippen molar-refractivity contribution >= 4 is 63.8 Å². The average molecular weight is 489 g/mol. The lowest BCUT2D eigenvalue weighted by Gasteiger charge is -2.23. The van der Waals surface area contributed by atoms with Crippen molar-refractivity contribution in [2.75, 3.05) is 16.0 Å². The number of amides is 2. The number of aromatic nitrogens is 2. The standard InChI is InChI=1S/C20H14Cl2N6O5/c21-9-5-6-12(11(22)7-9)24-20-26-17-16(19(31)27-20)10(8-15(29)25-17)18(30)23-13-3-1-2-4-14(13)28(32)33/h1-7,10H,8H2,(H,23,30)(H3,24,25,26,27,29,31)/t10-/m0/s1. The summed E-state index contributed by atoms with van der Waals surface area (Å²) in [4.78, 5) is 55.3. The van der Waals surface area contributed by atoms with Gasteiger partial charge in [0.25, 0.3) is 11.2 Å². The van der Waals surface area contributed by atoms with Crippen molar-refractivity contribution in [3.05, 3.63) is 78.5 Å². The van der Waals surface area contributed by atoms with Crippen molar-refractivity contribution in [2.24, 2.45) is 0 Å². The van der Waals surface area contributed by atoms with Crippen LogP contribution in [0.5, 0.6) is 0 Å². The fourth-order valence-electron chi connectivity index (χ4n) is 3.33. The molecule has 11 nitrogen and oxygen atoms in total. The second-order valence-corrected chi connectivity index (χ2v) is 7.84. The van der Waals surface area contributed by atoms with Gasteiger partial charge >= 0.3 is 0 Å². The van der Waals surface area contributed by atoms with Crippen LogP contribution in [0.3, 0.4) is 0 Å². The van der Waals surface area contributed by atoms with Gasteiger partial charge < -0.3 is 16.0 Å². The number of hydrogen-bond donors (Lipinski definition) is 4. The number of aromatic amines is 1. The minimum absolute atomic E-state index is 0.0250. The summed E-state index contributed by atoms with van der Waals surface area (Å²) in [7, 11) is 0. The van der Waals surface area contributed by atoms with E-state index in [1.165, 1.54) is 30.3 Å². The lowest BCUT2D eigenvalue weighted by Crippen LogP contribution is -2.36. The average Bonchev–Trinajstić information content (AvgIpc) is 2.75. The van der Waals surface area contributed by atoms with Crippen molar-refractivity contribution in [1.29, 1.82) is 0 Å². The third-order valence-corrected chi connectivity index (χ3v) is 5.36. The number of carbonyl (C=O) groups excluding carboxylic acids is 2. The Morgan fingerprint density at radius 1 is 1.15 bits per heavy atom. The molecule has 0 unspecified atom stereocenters. The number of para-hydroxylation sites is 2. The van der Waals surface area contributed by atoms with Crippen LogP contribution in [0.1, 0.15) is 17.9 Å². The van der Waals surface area contributed by atoms with Crippen LogP contribution < -0.4 is 21.5 Å². The van der Waals surface area contributed by atoms with Crippen molar-refractivity contribution in [3.63, 3.8) is 0 Å². The van der Waals surface area contributed by atoms with E-state index in [2.05, 4.69) is 25.9 Å². The Balaban J connectivity index is 1.66. The number of rotatable bonds is 5. The molecule has 0 radical (unpaired) electrons. The fraction of sp³-hybridized carbons (Fsp3) is 0.100. The summed E-state index contributed by atoms with van der Waals surface area (Å²) in [6.07, 6.45) is -0.333. The minimum Gasteiger partial charge on any atom is -0.324 e. The SMILES string of the molecule is O=C1C[C@H](C(=O)Nc2ccccc2[N+](=O)[O-])c2c(nc(Nc3ccc(Cl)cc3Cl)[nH]c2=O)N1. The van der Waals surface area contributed by atoms with Crippen molar-refractivity contribution < 1.29 is 14.5 Å². The summed E-state index contributed by atoms with van der Waals surface area (Å²) >= 11 is 12.0. The maximum Gasteiger partial charge on any atom is 0.292 e. The molecule has 4 rings (SSSR count). The molecule has 0 spiro atoms. The highest BCUT2D eigenvalue weighted by molar-refractivity contribution is 6.36. The highest BCUT2D eigenvalue weighted by Gasteiger charge is 2.35. The Bertz CT molecular complexity index is 1360. The van der Waals surface area contributed by atoms with Gasteiger partial charge in [-0.15, -0.1) is 0 Å². The largest absolute Gasteiger partial charge is 0.324 e. The number of halogens is 2. The van der Waals surface area contributed by atoms with Crippen molar-refractivity contribution in [3.8, 4) is 0 Å². The zero-order valence-electron chi connectivity index (χ0n) is 16.5. The van der Waals surface area contributed by atoms with E-state index in [9.17, 15) is 24.5 Å². The van der Waals surface area contributed by atoms with Gasteiger partial charge in [-0.1, -0.05) is 35.3 Å². The molecule has 0 aliphatic carbocycles. The van der Waals surface area contributed by atoms with Gasteiger partial charge in [0.15, 0.2) is 0 Å². The smallest absolute Gasteiger partial charge is 0.292 e. The third kappa shape index (κ3) is 4.64. The first-order chi connectivity index (χ1) is 15.7. The van der Waals surface area contributed by atoms with Gasteiger partial charge in [0.2, 0.25) is 17.8 Å². The topological polar surface area (TPSA) is 159 Å². The zero-order valence-corrected chi connectivity index (χ0v) is 18.0. The van der Waals surface area contributed by atoms with Gasteiger partial charge in [-0.25, -0.2) is 0 Å². The molecule has 1 aliphatic rings. The Labute approximate surface area is 195 Å². The van der Waals surface area contributed by atoms with E-state index in [0.29, 0.717) is 10.7 Å². The van der Waals surface area contributed by atoms with E-state index in [0.717, 1.165) is 0 Å². The first-order valence-corrected chi connectivity index (χ1v) is 10.2. The van der Waals surface area contributed by atoms with Gasteiger partial charge in [-0.3, -0.25) is 29.5 Å². The summed E-state index contributed by atoms with van der Waals surface area (Å²) in [5.41, 5.74) is -0.719. The van der Waals surface area contributed by atoms with Gasteiger partial charge in [0.05, 0.1) is 27.1 Å². The predicted octanol–water partition coefficient (Wildman–Crippen LogP) is 3.79. The maximum absolute atomic E-state index is 12.9. The second kappa shape index (κ2) is 8.88. The maximum atomic E-state index is 12.9. The number of fused-ring (bicyclic) bond motifs is 1. The summed E-state index contributed by atoms with van der Waals surface area (Å²) in [6, 6.07) is 10.2. The molecule has 1 aromatic heterocycles. The zero-order chi connectivity index (χ0) is 23.7. The van der Waals surface area contributed by atoms with E-state index in [1.54, 1.807) is 12.1 Å². The molecule has 168 valence electrons. The van der Waals surface area contributed by atoms with Crippen LogP contribution in [0.15, 0.2) is 47.3 Å². The normalized spacial score (nSPS) is 14.7. The monoisotopic (exact) mass is 488 g/mol. The number of nitrogens with one attached hydrogen (secondary N) is 4. The van der Waals surface area contributed by atoms with E-state index >= 15 is 0 Å². The molecule has 13 heteroatoms. The Kier molecular flexibility index (Phi) is 5.99. The van der Waals surface area contributed by atoms with Crippen LogP contribution in [-0.4, -0.2) is 26.7 Å². The van der Waals surface area contributed by atoms with Gasteiger partial charge in [0, 0.05) is 17.5 Å². The van der Waals surface area contributed by atoms with Crippen LogP contribution in [0.2, 0.25) is 10.0 Å². The Hall–Kier alpha value is -3.96. The molecule has 0 fully saturated rings. The van der Waals surface area contributed by atoms with Gasteiger partial charge in [0.1, 0.15) is 11.5 Å². The molecule has 33 heavy (non-hydrogen) atoms. The predicted molar refractivity (Wildman–Crippen MR) is 122 cm³/mol. The molecule has 2 aromatic carbocycles. The second-order valence-electron chi connectivity index (χ2n) is 6.99. The van der Waals surface area contributed by atoms with E-state index in [-0.39, 0.29) is 40.1 Å². The molecular formula is C20H14Cl2N6O5. The quantitative estimate of drug-likeness (QED) is 0.313. The van der Waals surface area contributed by atoms with Crippen LogP contribution >= 0.6 is 23.2 Å². The van der Waals surface area contributed by atoms with Crippen molar-refractivity contribution in [1.82, 2.24) is 9.97 Å². The number of benzene rings is 2. The number of nitro benzene ring substituents is 1. The molecule has 0 saturated carbocycles. The molecule has 2 amide bonds. The van der Waals surface area contributed by atoms with Crippen LogP contribution in [-0.2, 0) is 9.59 Å². The highest BCUT2D eigenvalue weighted by Crippen LogP contribution is 2.32. The van der Waals surface area contributed by atoms with E-state index in [1.807, 2.05) is 0 Å². The molecule has 0 bridgehead atoms. The lowest BCUT2D eigenvalue weighted by molar-refractivity contribution is -0.383. The number of hydrogen-bond acceptors (Lipinski definition) is 7. The number of H-pyrrole nitrogens is 1. The highest BCUT2D eigenvalue weighted by atomic mass is 35.5. The van der Waals surface area contributed by atoms with Crippen LogP contribution in [0, 0.1) is 10.1 Å². The van der Waals surface area contributed by atoms with Gasteiger partial charge in [-0.05, 0) is 24.3 Å². The molecule has 1 aliphatic heterocycles. The number of anilines is 4.